The number of amides is 1. The van der Waals surface area contributed by atoms with Crippen molar-refractivity contribution in [3.63, 3.8) is 0 Å². The zero-order valence-electron chi connectivity index (χ0n) is 10.9. The maximum absolute atomic E-state index is 11.7. The molecular weight excluding hydrogens is 282 g/mol. The highest BCUT2D eigenvalue weighted by Crippen LogP contribution is 2.24. The number of halogens is 1. The Morgan fingerprint density at radius 1 is 1.60 bits per heavy atom. The molecule has 1 saturated heterocycles. The van der Waals surface area contributed by atoms with Gasteiger partial charge in [-0.05, 0) is 0 Å². The van der Waals surface area contributed by atoms with Gasteiger partial charge in [0.15, 0.2) is 16.9 Å². The number of imidazole rings is 1. The fourth-order valence-corrected chi connectivity index (χ4v) is 2.48. The van der Waals surface area contributed by atoms with Gasteiger partial charge in [0.1, 0.15) is 0 Å². The lowest BCUT2D eigenvalue weighted by Crippen LogP contribution is -2.49. The lowest BCUT2D eigenvalue weighted by Gasteiger charge is -2.33. The molecule has 0 radical (unpaired) electrons. The van der Waals surface area contributed by atoms with Crippen LogP contribution >= 0.6 is 11.6 Å². The quantitative estimate of drug-likeness (QED) is 0.865. The van der Waals surface area contributed by atoms with Gasteiger partial charge in [-0.15, -0.1) is 0 Å². The number of ether oxygens (including phenoxy) is 1. The summed E-state index contributed by atoms with van der Waals surface area (Å²) in [6, 6.07) is 1.76. The Bertz CT molecular complexity index is 644. The van der Waals surface area contributed by atoms with E-state index >= 15 is 0 Å². The third-order valence-electron chi connectivity index (χ3n) is 3.26. The molecule has 2 aromatic rings. The molecular formula is C12H14ClN5O2. The van der Waals surface area contributed by atoms with Gasteiger partial charge in [0.2, 0.25) is 0 Å². The maximum Gasteiger partial charge on any atom is 0.250 e. The fraction of sp³-hybridized carbons (Fsp3) is 0.417. The van der Waals surface area contributed by atoms with Crippen molar-refractivity contribution < 1.29 is 9.53 Å². The average Bonchev–Trinajstić information content (AvgIpc) is 2.93. The number of hydrogen-bond donors (Lipinski definition) is 1. The summed E-state index contributed by atoms with van der Waals surface area (Å²) in [6.45, 7) is 1.61. The minimum Gasteiger partial charge on any atom is -0.365 e. The summed E-state index contributed by atoms with van der Waals surface area (Å²) in [7, 11) is 1.60. The Morgan fingerprint density at radius 2 is 2.45 bits per heavy atom. The zero-order valence-corrected chi connectivity index (χ0v) is 11.7. The molecule has 106 valence electrons. The van der Waals surface area contributed by atoms with Gasteiger partial charge in [-0.3, -0.25) is 4.79 Å². The van der Waals surface area contributed by atoms with E-state index in [-0.39, 0.29) is 5.91 Å². The molecule has 0 bridgehead atoms. The minimum absolute atomic E-state index is 0.130. The minimum atomic E-state index is -0.490. The average molecular weight is 296 g/mol. The smallest absolute Gasteiger partial charge is 0.250 e. The second-order valence-corrected chi connectivity index (χ2v) is 4.85. The van der Waals surface area contributed by atoms with Crippen LogP contribution in [0.3, 0.4) is 0 Å². The van der Waals surface area contributed by atoms with Gasteiger partial charge < -0.3 is 15.0 Å². The lowest BCUT2D eigenvalue weighted by atomic mass is 10.2. The van der Waals surface area contributed by atoms with E-state index in [1.165, 1.54) is 0 Å². The monoisotopic (exact) mass is 295 g/mol. The van der Waals surface area contributed by atoms with Crippen LogP contribution in [-0.4, -0.2) is 53.4 Å². The normalized spacial score (nSPS) is 19.3. The van der Waals surface area contributed by atoms with Crippen molar-refractivity contribution in [2.24, 2.45) is 0 Å². The Morgan fingerprint density at radius 3 is 3.25 bits per heavy atom. The molecule has 3 heterocycles. The van der Waals surface area contributed by atoms with Crippen LogP contribution in [0.5, 0.6) is 0 Å². The van der Waals surface area contributed by atoms with Crippen molar-refractivity contribution >= 4 is 28.8 Å². The van der Waals surface area contributed by atoms with Gasteiger partial charge >= 0.3 is 0 Å². The number of aromatic nitrogens is 3. The number of fused-ring (bicyclic) bond motifs is 1. The van der Waals surface area contributed by atoms with E-state index in [1.807, 2.05) is 4.90 Å². The molecule has 1 N–H and O–H groups in total. The summed E-state index contributed by atoms with van der Waals surface area (Å²) in [4.78, 5) is 18.0. The van der Waals surface area contributed by atoms with Gasteiger partial charge in [-0.2, -0.15) is 5.10 Å². The molecule has 1 aliphatic heterocycles. The van der Waals surface area contributed by atoms with Crippen molar-refractivity contribution in [2.75, 3.05) is 31.6 Å². The molecule has 8 heteroatoms. The van der Waals surface area contributed by atoms with Crippen molar-refractivity contribution in [1.29, 1.82) is 0 Å². The van der Waals surface area contributed by atoms with Crippen LogP contribution in [0, 0.1) is 0 Å². The molecule has 1 unspecified atom stereocenters. The summed E-state index contributed by atoms with van der Waals surface area (Å²) in [5.41, 5.74) is 1.57. The highest BCUT2D eigenvalue weighted by molar-refractivity contribution is 6.29. The first kappa shape index (κ1) is 13.1. The number of nitrogens with one attached hydrogen (secondary N) is 1. The Kier molecular flexibility index (Phi) is 3.45. The highest BCUT2D eigenvalue weighted by atomic mass is 35.5. The lowest BCUT2D eigenvalue weighted by molar-refractivity contribution is -0.132. The number of rotatable bonds is 2. The van der Waals surface area contributed by atoms with E-state index < -0.39 is 6.10 Å². The number of anilines is 1. The zero-order chi connectivity index (χ0) is 14.1. The second-order valence-electron chi connectivity index (χ2n) is 4.47. The molecule has 0 aromatic carbocycles. The molecule has 3 rings (SSSR count). The number of carbonyl (C=O) groups is 1. The topological polar surface area (TPSA) is 71.8 Å². The molecule has 20 heavy (non-hydrogen) atoms. The van der Waals surface area contributed by atoms with Crippen molar-refractivity contribution in [3.05, 3.63) is 23.6 Å². The third kappa shape index (κ3) is 2.30. The second kappa shape index (κ2) is 5.26. The van der Waals surface area contributed by atoms with Crippen LogP contribution in [0.4, 0.5) is 5.69 Å². The molecule has 0 saturated carbocycles. The molecule has 2 aromatic heterocycles. The van der Waals surface area contributed by atoms with E-state index in [9.17, 15) is 4.79 Å². The fourth-order valence-electron chi connectivity index (χ4n) is 2.29. The van der Waals surface area contributed by atoms with Gasteiger partial charge in [0, 0.05) is 32.1 Å². The molecule has 1 amide bonds. The summed E-state index contributed by atoms with van der Waals surface area (Å²) in [5.74, 6) is -0.130. The maximum atomic E-state index is 11.7. The molecule has 1 fully saturated rings. The summed E-state index contributed by atoms with van der Waals surface area (Å²) >= 11 is 6.03. The summed E-state index contributed by atoms with van der Waals surface area (Å²) < 4.78 is 7.10. The number of nitrogens with zero attached hydrogens (tertiary/aromatic N) is 4. The third-order valence-corrected chi connectivity index (χ3v) is 3.44. The number of morpholine rings is 1. The van der Waals surface area contributed by atoms with Crippen LogP contribution in [0.25, 0.3) is 5.65 Å². The molecule has 1 atom stereocenters. The molecule has 7 nitrogen and oxygen atoms in total. The predicted octanol–water partition coefficient (Wildman–Crippen LogP) is 0.334. The van der Waals surface area contributed by atoms with Crippen LogP contribution in [-0.2, 0) is 9.53 Å². The predicted molar refractivity (Wildman–Crippen MR) is 74.0 cm³/mol. The van der Waals surface area contributed by atoms with Crippen molar-refractivity contribution in [3.8, 4) is 0 Å². The molecule has 0 spiro atoms. The highest BCUT2D eigenvalue weighted by Gasteiger charge is 2.27. The first-order chi connectivity index (χ1) is 9.69. The van der Waals surface area contributed by atoms with E-state index in [2.05, 4.69) is 15.4 Å². The van der Waals surface area contributed by atoms with Gasteiger partial charge in [-0.1, -0.05) is 11.6 Å². The standard InChI is InChI=1S/C12H14ClN5O2/c1-14-12(19)9-7-17(4-5-20-9)8-6-10(13)16-18-3-2-15-11(8)18/h2-3,6,9H,4-5,7H2,1H3,(H,14,19). The van der Waals surface area contributed by atoms with E-state index in [0.29, 0.717) is 30.5 Å². The van der Waals surface area contributed by atoms with Gasteiger partial charge in [0.05, 0.1) is 18.8 Å². The molecule has 1 aliphatic rings. The van der Waals surface area contributed by atoms with E-state index in [1.54, 1.807) is 30.0 Å². The summed E-state index contributed by atoms with van der Waals surface area (Å²) in [6.07, 6.45) is 2.91. The Hall–Kier alpha value is -1.86. The van der Waals surface area contributed by atoms with Crippen LogP contribution in [0.15, 0.2) is 18.5 Å². The van der Waals surface area contributed by atoms with E-state index in [4.69, 9.17) is 16.3 Å². The summed E-state index contributed by atoms with van der Waals surface area (Å²) in [5, 5.41) is 7.13. The van der Waals surface area contributed by atoms with Gasteiger partial charge in [-0.25, -0.2) is 9.50 Å². The number of carbonyl (C=O) groups excluding carboxylic acids is 1. The largest absolute Gasteiger partial charge is 0.365 e. The van der Waals surface area contributed by atoms with Crippen molar-refractivity contribution in [1.82, 2.24) is 19.9 Å². The number of likely N-dealkylation sites (N-methyl/N-ethyl adjacent to an activating group) is 1. The first-order valence-electron chi connectivity index (χ1n) is 6.27. The van der Waals surface area contributed by atoms with Gasteiger partial charge in [0.25, 0.3) is 5.91 Å². The van der Waals surface area contributed by atoms with Crippen molar-refractivity contribution in [2.45, 2.75) is 6.10 Å². The van der Waals surface area contributed by atoms with Crippen LogP contribution < -0.4 is 10.2 Å². The Labute approximate surface area is 120 Å². The van der Waals surface area contributed by atoms with E-state index in [0.717, 1.165) is 5.69 Å². The van der Waals surface area contributed by atoms with Crippen LogP contribution in [0.2, 0.25) is 5.15 Å². The molecule has 0 aliphatic carbocycles. The first-order valence-corrected chi connectivity index (χ1v) is 6.65. The van der Waals surface area contributed by atoms with Crippen LogP contribution in [0.1, 0.15) is 0 Å². The SMILES string of the molecule is CNC(=O)C1CN(c2cc(Cl)nn3ccnc23)CCO1. The number of hydrogen-bond acceptors (Lipinski definition) is 5. The Balaban J connectivity index is 1.94.